The van der Waals surface area contributed by atoms with Gasteiger partial charge in [-0.1, -0.05) is 32.8 Å². The molecule has 0 radical (unpaired) electrons. The topological polar surface area (TPSA) is 59.3 Å². The van der Waals surface area contributed by atoms with E-state index in [0.717, 1.165) is 0 Å². The molecule has 0 unspecified atom stereocenters. The highest BCUT2D eigenvalue weighted by atomic mass is 16.5. The van der Waals surface area contributed by atoms with Gasteiger partial charge in [0.25, 0.3) is 0 Å². The average molecular weight is 311 g/mol. The molecule has 4 heteroatoms. The third kappa shape index (κ3) is 5.20. The summed E-state index contributed by atoms with van der Waals surface area (Å²) in [5, 5.41) is 9.25. The van der Waals surface area contributed by atoms with Crippen molar-refractivity contribution >= 4 is 11.9 Å². The van der Waals surface area contributed by atoms with Crippen LogP contribution in [0.4, 0.5) is 0 Å². The summed E-state index contributed by atoms with van der Waals surface area (Å²) in [5.74, 6) is 3.25. The van der Waals surface area contributed by atoms with Crippen LogP contribution in [0.25, 0.3) is 6.08 Å². The molecule has 0 spiro atoms. The molecule has 1 aromatic carbocycles. The van der Waals surface area contributed by atoms with E-state index >= 15 is 0 Å². The second kappa shape index (κ2) is 8.06. The number of nitriles is 1. The van der Waals surface area contributed by atoms with Crippen molar-refractivity contribution in [2.24, 2.45) is 5.41 Å². The number of Topliss-reactive ketones (excluding diaryl/α,β-unsaturated/α-hetero) is 1. The molecule has 0 atom stereocenters. The van der Waals surface area contributed by atoms with Gasteiger partial charge in [0.05, 0.1) is 12.2 Å². The van der Waals surface area contributed by atoms with Crippen molar-refractivity contribution in [3.8, 4) is 29.9 Å². The summed E-state index contributed by atoms with van der Waals surface area (Å²) in [7, 11) is 0. The van der Waals surface area contributed by atoms with Gasteiger partial charge in [0.2, 0.25) is 0 Å². The van der Waals surface area contributed by atoms with Gasteiger partial charge in [-0.3, -0.25) is 4.79 Å². The van der Waals surface area contributed by atoms with Gasteiger partial charge >= 0.3 is 0 Å². The molecule has 23 heavy (non-hydrogen) atoms. The number of carbonyl (C=O) groups excluding carboxylic acids is 1. The predicted octanol–water partition coefficient (Wildman–Crippen LogP) is 3.62. The van der Waals surface area contributed by atoms with Crippen molar-refractivity contribution in [2.45, 2.75) is 27.7 Å². The maximum Gasteiger partial charge on any atom is 0.178 e. The molecular weight excluding hydrogens is 290 g/mol. The van der Waals surface area contributed by atoms with Crippen molar-refractivity contribution in [1.82, 2.24) is 0 Å². The maximum absolute atomic E-state index is 12.3. The molecule has 0 saturated carbocycles. The van der Waals surface area contributed by atoms with Crippen LogP contribution in [0.5, 0.6) is 11.5 Å². The molecule has 1 aromatic rings. The van der Waals surface area contributed by atoms with Crippen LogP contribution in [0.15, 0.2) is 23.8 Å². The van der Waals surface area contributed by atoms with Gasteiger partial charge < -0.3 is 9.47 Å². The first-order chi connectivity index (χ1) is 10.8. The lowest BCUT2D eigenvalue weighted by molar-refractivity contribution is -0.121. The highest BCUT2D eigenvalue weighted by Gasteiger charge is 2.25. The van der Waals surface area contributed by atoms with Crippen molar-refractivity contribution < 1.29 is 14.3 Å². The largest absolute Gasteiger partial charge is 0.490 e. The number of allylic oxidation sites excluding steroid dienone is 1. The molecule has 4 nitrogen and oxygen atoms in total. The molecule has 0 N–H and O–H groups in total. The smallest absolute Gasteiger partial charge is 0.178 e. The molecule has 0 aromatic heterocycles. The second-order valence-corrected chi connectivity index (χ2v) is 5.88. The van der Waals surface area contributed by atoms with E-state index in [2.05, 4.69) is 5.92 Å². The van der Waals surface area contributed by atoms with Crippen LogP contribution in [0.1, 0.15) is 33.3 Å². The van der Waals surface area contributed by atoms with Crippen molar-refractivity contribution in [1.29, 1.82) is 5.26 Å². The van der Waals surface area contributed by atoms with Crippen LogP contribution in [-0.4, -0.2) is 19.0 Å². The molecule has 0 aliphatic heterocycles. The molecule has 0 fully saturated rings. The molecular formula is C19H21NO3. The zero-order valence-electron chi connectivity index (χ0n) is 14.0. The minimum Gasteiger partial charge on any atom is -0.490 e. The normalized spacial score (nSPS) is 11.3. The fraction of sp³-hybridized carbons (Fsp3) is 0.368. The number of carbonyl (C=O) groups is 1. The molecule has 120 valence electrons. The maximum atomic E-state index is 12.3. The van der Waals surface area contributed by atoms with Gasteiger partial charge in [-0.05, 0) is 30.7 Å². The predicted molar refractivity (Wildman–Crippen MR) is 90.0 cm³/mol. The number of hydrogen-bond acceptors (Lipinski definition) is 4. The Morgan fingerprint density at radius 1 is 1.30 bits per heavy atom. The van der Waals surface area contributed by atoms with E-state index in [1.165, 1.54) is 0 Å². The number of ketones is 1. The van der Waals surface area contributed by atoms with Crippen LogP contribution < -0.4 is 9.47 Å². The zero-order valence-corrected chi connectivity index (χ0v) is 14.0. The number of nitrogens with zero attached hydrogens (tertiary/aromatic N) is 1. The molecule has 1 rings (SSSR count). The SMILES string of the molecule is C#CCOc1ccc(/C=C(\C#N)C(=O)C(C)(C)C)cc1OCC. The van der Waals surface area contributed by atoms with Crippen LogP contribution >= 0.6 is 0 Å². The molecule has 0 amide bonds. The molecule has 0 heterocycles. The fourth-order valence-electron chi connectivity index (χ4n) is 1.84. The first-order valence-electron chi connectivity index (χ1n) is 7.33. The highest BCUT2D eigenvalue weighted by Crippen LogP contribution is 2.30. The molecule has 0 saturated heterocycles. The quantitative estimate of drug-likeness (QED) is 0.457. The third-order valence-corrected chi connectivity index (χ3v) is 2.94. The van der Waals surface area contributed by atoms with E-state index in [1.54, 1.807) is 45.0 Å². The summed E-state index contributed by atoms with van der Waals surface area (Å²) in [6.07, 6.45) is 6.75. The van der Waals surface area contributed by atoms with Crippen LogP contribution in [0, 0.1) is 29.1 Å². The van der Waals surface area contributed by atoms with E-state index in [0.29, 0.717) is 23.7 Å². The van der Waals surface area contributed by atoms with Gasteiger partial charge in [-0.25, -0.2) is 0 Å². The number of hydrogen-bond donors (Lipinski definition) is 0. The summed E-state index contributed by atoms with van der Waals surface area (Å²) < 4.78 is 10.9. The summed E-state index contributed by atoms with van der Waals surface area (Å²) in [6, 6.07) is 7.16. The Balaban J connectivity index is 3.20. The number of ether oxygens (including phenoxy) is 2. The lowest BCUT2D eigenvalue weighted by atomic mass is 9.86. The first kappa shape index (κ1) is 18.3. The van der Waals surface area contributed by atoms with E-state index in [9.17, 15) is 10.1 Å². The van der Waals surface area contributed by atoms with Crippen LogP contribution in [-0.2, 0) is 4.79 Å². The van der Waals surface area contributed by atoms with Crippen molar-refractivity contribution in [3.63, 3.8) is 0 Å². The van der Waals surface area contributed by atoms with Gasteiger partial charge in [-0.2, -0.15) is 5.26 Å². The third-order valence-electron chi connectivity index (χ3n) is 2.94. The lowest BCUT2D eigenvalue weighted by Gasteiger charge is -2.15. The monoisotopic (exact) mass is 311 g/mol. The minimum absolute atomic E-state index is 0.109. The van der Waals surface area contributed by atoms with Gasteiger partial charge in [0.15, 0.2) is 17.3 Å². The van der Waals surface area contributed by atoms with Gasteiger partial charge in [0, 0.05) is 5.41 Å². The molecule has 0 aliphatic carbocycles. The first-order valence-corrected chi connectivity index (χ1v) is 7.33. The number of benzene rings is 1. The Bertz CT molecular complexity index is 682. The summed E-state index contributed by atoms with van der Waals surface area (Å²) in [5.41, 5.74) is 0.188. The lowest BCUT2D eigenvalue weighted by Crippen LogP contribution is -2.21. The van der Waals surface area contributed by atoms with E-state index in [-0.39, 0.29) is 18.0 Å². The second-order valence-electron chi connectivity index (χ2n) is 5.88. The summed E-state index contributed by atoms with van der Waals surface area (Å²) in [6.45, 7) is 7.80. The average Bonchev–Trinajstić information content (AvgIpc) is 2.50. The Labute approximate surface area is 137 Å². The Hall–Kier alpha value is -2.72. The number of rotatable bonds is 6. The Kier molecular flexibility index (Phi) is 6.42. The van der Waals surface area contributed by atoms with Crippen molar-refractivity contribution in [2.75, 3.05) is 13.2 Å². The Morgan fingerprint density at radius 2 is 2.00 bits per heavy atom. The summed E-state index contributed by atoms with van der Waals surface area (Å²) >= 11 is 0. The molecule has 0 bridgehead atoms. The van der Waals surface area contributed by atoms with Crippen LogP contribution in [0.3, 0.4) is 0 Å². The van der Waals surface area contributed by atoms with E-state index in [1.807, 2.05) is 13.0 Å². The molecule has 0 aliphatic rings. The zero-order chi connectivity index (χ0) is 17.5. The van der Waals surface area contributed by atoms with Crippen molar-refractivity contribution in [3.05, 3.63) is 29.3 Å². The van der Waals surface area contributed by atoms with E-state index in [4.69, 9.17) is 15.9 Å². The van der Waals surface area contributed by atoms with Gasteiger partial charge in [0.1, 0.15) is 12.7 Å². The fourth-order valence-corrected chi connectivity index (χ4v) is 1.84. The van der Waals surface area contributed by atoms with E-state index < -0.39 is 5.41 Å². The minimum atomic E-state index is -0.611. The standard InChI is InChI=1S/C19H21NO3/c1-6-10-23-16-9-8-14(12-17(16)22-7-2)11-15(13-20)18(21)19(3,4)5/h1,8-9,11-12H,7,10H2,2-5H3/b15-11+. The number of terminal acetylenes is 1. The highest BCUT2D eigenvalue weighted by molar-refractivity contribution is 6.06. The summed E-state index contributed by atoms with van der Waals surface area (Å²) in [4.78, 5) is 12.3. The van der Waals surface area contributed by atoms with Gasteiger partial charge in [-0.15, -0.1) is 6.42 Å². The van der Waals surface area contributed by atoms with Crippen LogP contribution in [0.2, 0.25) is 0 Å². The Morgan fingerprint density at radius 3 is 2.52 bits per heavy atom.